The molecule has 2 rings (SSSR count). The van der Waals surface area contributed by atoms with Crippen LogP contribution in [0.2, 0.25) is 0 Å². The molecule has 0 aromatic heterocycles. The van der Waals surface area contributed by atoms with Crippen molar-refractivity contribution < 1.29 is 22.7 Å². The van der Waals surface area contributed by atoms with Gasteiger partial charge in [0.2, 0.25) is 5.91 Å². The predicted molar refractivity (Wildman–Crippen MR) is 81.6 cm³/mol. The van der Waals surface area contributed by atoms with Gasteiger partial charge in [-0.05, 0) is 19.9 Å². The van der Waals surface area contributed by atoms with Crippen LogP contribution in [0.3, 0.4) is 0 Å². The number of alkyl halides is 3. The van der Waals surface area contributed by atoms with E-state index in [2.05, 4.69) is 20.9 Å². The number of carbonyl (C=O) groups is 1. The molecule has 3 atom stereocenters. The molecule has 1 heterocycles. The summed E-state index contributed by atoms with van der Waals surface area (Å²) in [6.45, 7) is 3.71. The normalized spacial score (nSPS) is 25.3. The quantitative estimate of drug-likeness (QED) is 0.640. The Labute approximate surface area is 137 Å². The molecule has 1 aliphatic rings. The van der Waals surface area contributed by atoms with E-state index in [1.165, 1.54) is 18.2 Å². The Morgan fingerprint density at radius 2 is 1.88 bits per heavy atom. The standard InChI is InChI=1S/C15H21F3N4O2/c1-8-12(9(2)22-21-8)13(19)14(23)20-7-10-5-3-4-6-11(10)24-15(16,17)18/h3-6,8-9,12-13,21-22H,7,19H2,1-2H3,(H,20,23). The maximum absolute atomic E-state index is 12.4. The fourth-order valence-corrected chi connectivity index (χ4v) is 2.86. The van der Waals surface area contributed by atoms with E-state index in [0.717, 1.165) is 0 Å². The number of benzene rings is 1. The number of nitrogens with two attached hydrogens (primary N) is 1. The third-order valence-corrected chi connectivity index (χ3v) is 4.06. The fourth-order valence-electron chi connectivity index (χ4n) is 2.86. The Hall–Kier alpha value is -1.84. The molecule has 9 heteroatoms. The average molecular weight is 346 g/mol. The molecule has 0 aliphatic carbocycles. The third-order valence-electron chi connectivity index (χ3n) is 4.06. The second-order valence-corrected chi connectivity index (χ2v) is 5.84. The van der Waals surface area contributed by atoms with Crippen LogP contribution in [-0.2, 0) is 11.3 Å². The minimum atomic E-state index is -4.79. The van der Waals surface area contributed by atoms with Crippen LogP contribution < -0.4 is 26.6 Å². The monoisotopic (exact) mass is 346 g/mol. The first kappa shape index (κ1) is 18.5. The van der Waals surface area contributed by atoms with Gasteiger partial charge in [0.15, 0.2) is 0 Å². The van der Waals surface area contributed by atoms with Gasteiger partial charge in [-0.3, -0.25) is 15.6 Å². The zero-order valence-corrected chi connectivity index (χ0v) is 13.4. The highest BCUT2D eigenvalue weighted by Crippen LogP contribution is 2.26. The maximum atomic E-state index is 12.4. The molecule has 5 N–H and O–H groups in total. The summed E-state index contributed by atoms with van der Waals surface area (Å²) in [6.07, 6.45) is -4.79. The number of rotatable bonds is 5. The van der Waals surface area contributed by atoms with Crippen molar-refractivity contribution in [3.05, 3.63) is 29.8 Å². The first-order valence-electron chi connectivity index (χ1n) is 7.57. The molecule has 0 radical (unpaired) electrons. The molecule has 0 bridgehead atoms. The Morgan fingerprint density at radius 3 is 2.46 bits per heavy atom. The largest absolute Gasteiger partial charge is 0.573 e. The van der Waals surface area contributed by atoms with Crippen molar-refractivity contribution in [1.29, 1.82) is 0 Å². The lowest BCUT2D eigenvalue weighted by Crippen LogP contribution is -2.50. The first-order valence-corrected chi connectivity index (χ1v) is 7.57. The van der Waals surface area contributed by atoms with Gasteiger partial charge in [0.05, 0.1) is 6.04 Å². The van der Waals surface area contributed by atoms with Gasteiger partial charge in [0.1, 0.15) is 5.75 Å². The molecule has 1 amide bonds. The van der Waals surface area contributed by atoms with E-state index in [1.807, 2.05) is 13.8 Å². The summed E-state index contributed by atoms with van der Waals surface area (Å²) in [5.41, 5.74) is 12.2. The molecule has 24 heavy (non-hydrogen) atoms. The van der Waals surface area contributed by atoms with E-state index in [0.29, 0.717) is 0 Å². The van der Waals surface area contributed by atoms with Crippen LogP contribution >= 0.6 is 0 Å². The lowest BCUT2D eigenvalue weighted by molar-refractivity contribution is -0.274. The lowest BCUT2D eigenvalue weighted by atomic mass is 9.88. The molecular formula is C15H21F3N4O2. The van der Waals surface area contributed by atoms with Crippen LogP contribution in [0.15, 0.2) is 24.3 Å². The SMILES string of the molecule is CC1NNC(C)C1C(N)C(=O)NCc1ccccc1OC(F)(F)F. The maximum Gasteiger partial charge on any atom is 0.573 e. The van der Waals surface area contributed by atoms with Gasteiger partial charge in [-0.2, -0.15) is 0 Å². The predicted octanol–water partition coefficient (Wildman–Crippen LogP) is 1.03. The zero-order chi connectivity index (χ0) is 17.9. The van der Waals surface area contributed by atoms with E-state index in [-0.39, 0.29) is 35.9 Å². The van der Waals surface area contributed by atoms with Crippen molar-refractivity contribution in [2.45, 2.75) is 44.9 Å². The van der Waals surface area contributed by atoms with Crippen LogP contribution in [-0.4, -0.2) is 30.4 Å². The molecule has 3 unspecified atom stereocenters. The van der Waals surface area contributed by atoms with Crippen molar-refractivity contribution in [3.8, 4) is 5.75 Å². The van der Waals surface area contributed by atoms with Crippen LogP contribution in [0.1, 0.15) is 19.4 Å². The van der Waals surface area contributed by atoms with Gasteiger partial charge in [0.25, 0.3) is 0 Å². The van der Waals surface area contributed by atoms with E-state index in [9.17, 15) is 18.0 Å². The summed E-state index contributed by atoms with van der Waals surface area (Å²) in [7, 11) is 0. The van der Waals surface area contributed by atoms with Crippen molar-refractivity contribution in [3.63, 3.8) is 0 Å². The molecule has 6 nitrogen and oxygen atoms in total. The van der Waals surface area contributed by atoms with Crippen LogP contribution in [0.5, 0.6) is 5.75 Å². The zero-order valence-electron chi connectivity index (χ0n) is 13.4. The second-order valence-electron chi connectivity index (χ2n) is 5.84. The molecule has 1 saturated heterocycles. The number of hydrogen-bond acceptors (Lipinski definition) is 5. The first-order chi connectivity index (χ1) is 11.2. The van der Waals surface area contributed by atoms with Crippen LogP contribution in [0, 0.1) is 5.92 Å². The fraction of sp³-hybridized carbons (Fsp3) is 0.533. The van der Waals surface area contributed by atoms with Crippen molar-refractivity contribution in [1.82, 2.24) is 16.2 Å². The van der Waals surface area contributed by atoms with Crippen LogP contribution in [0.4, 0.5) is 13.2 Å². The highest BCUT2D eigenvalue weighted by Gasteiger charge is 2.38. The molecule has 0 saturated carbocycles. The van der Waals surface area contributed by atoms with Gasteiger partial charge >= 0.3 is 6.36 Å². The number of ether oxygens (including phenoxy) is 1. The molecular weight excluding hydrogens is 325 g/mol. The van der Waals surface area contributed by atoms with Crippen molar-refractivity contribution >= 4 is 5.91 Å². The Bertz CT molecular complexity index is 572. The number of para-hydroxylation sites is 1. The summed E-state index contributed by atoms with van der Waals surface area (Å²) in [5, 5.41) is 2.58. The number of carbonyl (C=O) groups excluding carboxylic acids is 1. The number of nitrogens with one attached hydrogen (secondary N) is 3. The van der Waals surface area contributed by atoms with Gasteiger partial charge in [-0.25, -0.2) is 0 Å². The molecule has 0 spiro atoms. The third kappa shape index (κ3) is 4.59. The highest BCUT2D eigenvalue weighted by atomic mass is 19.4. The second kappa shape index (κ2) is 7.37. The average Bonchev–Trinajstić information content (AvgIpc) is 2.83. The summed E-state index contributed by atoms with van der Waals surface area (Å²) in [5.74, 6) is -0.900. The van der Waals surface area contributed by atoms with Crippen molar-refractivity contribution in [2.75, 3.05) is 0 Å². The summed E-state index contributed by atoms with van der Waals surface area (Å²) >= 11 is 0. The number of hydrazine groups is 1. The minimum Gasteiger partial charge on any atom is -0.405 e. The molecule has 1 fully saturated rings. The van der Waals surface area contributed by atoms with Gasteiger partial charge in [-0.15, -0.1) is 13.2 Å². The van der Waals surface area contributed by atoms with E-state index in [1.54, 1.807) is 6.07 Å². The minimum absolute atomic E-state index is 0.00148. The van der Waals surface area contributed by atoms with E-state index < -0.39 is 18.3 Å². The summed E-state index contributed by atoms with van der Waals surface area (Å²) in [4.78, 5) is 12.2. The summed E-state index contributed by atoms with van der Waals surface area (Å²) in [6, 6.07) is 4.87. The summed E-state index contributed by atoms with van der Waals surface area (Å²) < 4.78 is 41.1. The molecule has 1 aliphatic heterocycles. The van der Waals surface area contributed by atoms with Crippen LogP contribution in [0.25, 0.3) is 0 Å². The molecule has 134 valence electrons. The smallest absolute Gasteiger partial charge is 0.405 e. The topological polar surface area (TPSA) is 88.4 Å². The van der Waals surface area contributed by atoms with Gasteiger partial charge in [0, 0.05) is 30.1 Å². The van der Waals surface area contributed by atoms with Crippen molar-refractivity contribution in [2.24, 2.45) is 11.7 Å². The molecule has 1 aromatic carbocycles. The Kier molecular flexibility index (Phi) is 5.68. The highest BCUT2D eigenvalue weighted by molar-refractivity contribution is 5.82. The van der Waals surface area contributed by atoms with Gasteiger partial charge < -0.3 is 15.8 Å². The van der Waals surface area contributed by atoms with E-state index in [4.69, 9.17) is 5.73 Å². The number of amides is 1. The van der Waals surface area contributed by atoms with E-state index >= 15 is 0 Å². The lowest BCUT2D eigenvalue weighted by Gasteiger charge is -2.24. The van der Waals surface area contributed by atoms with Gasteiger partial charge in [-0.1, -0.05) is 18.2 Å². The Morgan fingerprint density at radius 1 is 1.29 bits per heavy atom. The number of halogens is 3. The number of hydrogen-bond donors (Lipinski definition) is 4. The molecule has 1 aromatic rings. The Balaban J connectivity index is 1.99.